The normalized spacial score (nSPS) is 26.1. The van der Waals surface area contributed by atoms with Crippen molar-refractivity contribution in [2.24, 2.45) is 28.3 Å². The van der Waals surface area contributed by atoms with Gasteiger partial charge in [0, 0.05) is 18.3 Å². The number of rotatable bonds is 9. The van der Waals surface area contributed by atoms with Crippen molar-refractivity contribution in [2.45, 2.75) is 48.2 Å². The second-order valence-corrected chi connectivity index (χ2v) is 13.7. The van der Waals surface area contributed by atoms with Crippen LogP contribution >= 0.6 is 0 Å². The molecule has 0 radical (unpaired) electrons. The van der Waals surface area contributed by atoms with Crippen LogP contribution in [0.4, 0.5) is 18.9 Å². The van der Waals surface area contributed by atoms with Crippen LogP contribution in [-0.4, -0.2) is 64.2 Å². The smallest absolute Gasteiger partial charge is 0.386 e. The number of benzene rings is 1. The highest BCUT2D eigenvalue weighted by atomic mass is 32.2. The number of hydrogen-bond donors (Lipinski definition) is 4. The van der Waals surface area contributed by atoms with Crippen molar-refractivity contribution >= 4 is 37.1 Å². The Kier molecular flexibility index (Phi) is 9.29. The van der Waals surface area contributed by atoms with Gasteiger partial charge in [0.25, 0.3) is 15.7 Å². The number of amides is 1. The van der Waals surface area contributed by atoms with E-state index >= 15 is 0 Å². The van der Waals surface area contributed by atoms with Crippen LogP contribution in [0.2, 0.25) is 0 Å². The predicted molar refractivity (Wildman–Crippen MR) is 137 cm³/mol. The summed E-state index contributed by atoms with van der Waals surface area (Å²) < 4.78 is 84.5. The summed E-state index contributed by atoms with van der Waals surface area (Å²) >= 11 is 0. The van der Waals surface area contributed by atoms with Crippen molar-refractivity contribution in [3.8, 4) is 6.07 Å². The number of aliphatic imine (C=N–C) groups is 1. The number of nitrogens with one attached hydrogen (secondary N) is 2. The summed E-state index contributed by atoms with van der Waals surface area (Å²) in [4.78, 5) is 15.0. The molecule has 1 aromatic rings. The van der Waals surface area contributed by atoms with Crippen molar-refractivity contribution in [2.75, 3.05) is 18.1 Å². The first-order valence-electron chi connectivity index (χ1n) is 12.0. The van der Waals surface area contributed by atoms with Crippen LogP contribution in [0.1, 0.15) is 25.7 Å². The monoisotopic (exact) mass is 590 g/mol. The molecule has 0 bridgehead atoms. The summed E-state index contributed by atoms with van der Waals surface area (Å²) in [7, 11) is -8.49. The average molecular weight is 591 g/mol. The molecule has 1 aromatic carbocycles. The standard InChI is InChI=1S/C23H29F3N6O5S2/c24-23(25,26)39(36,37)18-4-1-16(2-5-18)32-21(28)19(22(29)33)12-31-20-6-3-17(9-15(20)10-27)30-11-14-7-8-38(34,35)13-14/h1-2,4-5,12,14-15,17,20,30-31H,3,6-9,11,13H2,(H2,28,32)(H2,29,33)/b19-12+/t14?,15-,17?,20+/m1/s1. The summed E-state index contributed by atoms with van der Waals surface area (Å²) in [5.41, 5.74) is 5.60. The zero-order chi connectivity index (χ0) is 29.0. The fourth-order valence-electron chi connectivity index (χ4n) is 4.56. The lowest BCUT2D eigenvalue weighted by atomic mass is 9.82. The van der Waals surface area contributed by atoms with Crippen LogP contribution in [0.15, 0.2) is 45.9 Å². The van der Waals surface area contributed by atoms with E-state index in [1.807, 2.05) is 0 Å². The van der Waals surface area contributed by atoms with E-state index in [9.17, 15) is 40.1 Å². The fraction of sp³-hybridized carbons (Fsp3) is 0.522. The quantitative estimate of drug-likeness (QED) is 0.184. The second kappa shape index (κ2) is 11.9. The first-order chi connectivity index (χ1) is 18.1. The maximum Gasteiger partial charge on any atom is 0.501 e. The van der Waals surface area contributed by atoms with Gasteiger partial charge in [0.15, 0.2) is 9.84 Å². The molecule has 2 fully saturated rings. The number of primary amides is 1. The molecule has 1 saturated heterocycles. The van der Waals surface area contributed by atoms with E-state index in [1.54, 1.807) is 0 Å². The predicted octanol–water partition coefficient (Wildman–Crippen LogP) is 1.01. The van der Waals surface area contributed by atoms with Gasteiger partial charge in [-0.25, -0.2) is 21.8 Å². The van der Waals surface area contributed by atoms with Crippen molar-refractivity contribution in [3.63, 3.8) is 0 Å². The molecule has 4 atom stereocenters. The topological polar surface area (TPSA) is 198 Å². The molecule has 3 rings (SSSR count). The minimum atomic E-state index is -5.53. The molecule has 6 N–H and O–H groups in total. The van der Waals surface area contributed by atoms with Crippen LogP contribution < -0.4 is 22.1 Å². The third kappa shape index (κ3) is 7.70. The zero-order valence-electron chi connectivity index (χ0n) is 20.7. The summed E-state index contributed by atoms with van der Waals surface area (Å²) in [5, 5.41) is 16.0. The molecule has 1 aliphatic heterocycles. The second-order valence-electron chi connectivity index (χ2n) is 9.56. The number of nitrogens with two attached hydrogens (primary N) is 2. The van der Waals surface area contributed by atoms with Crippen molar-refractivity contribution in [1.29, 1.82) is 5.26 Å². The molecular weight excluding hydrogens is 561 g/mol. The molecule has 0 spiro atoms. The van der Waals surface area contributed by atoms with E-state index in [-0.39, 0.29) is 46.6 Å². The number of sulfone groups is 2. The highest BCUT2D eigenvalue weighted by molar-refractivity contribution is 7.92. The van der Waals surface area contributed by atoms with Gasteiger partial charge >= 0.3 is 5.51 Å². The van der Waals surface area contributed by atoms with Gasteiger partial charge in [0.1, 0.15) is 5.84 Å². The van der Waals surface area contributed by atoms with Crippen LogP contribution in [0.3, 0.4) is 0 Å². The number of amidine groups is 1. The van der Waals surface area contributed by atoms with Gasteiger partial charge in [-0.1, -0.05) is 0 Å². The first-order valence-corrected chi connectivity index (χ1v) is 15.3. The number of halogens is 3. The zero-order valence-corrected chi connectivity index (χ0v) is 22.3. The number of carbonyl (C=O) groups excluding carboxylic acids is 1. The van der Waals surface area contributed by atoms with Gasteiger partial charge in [0.05, 0.1) is 39.6 Å². The third-order valence-corrected chi connectivity index (χ3v) is 10.1. The van der Waals surface area contributed by atoms with Crippen LogP contribution in [-0.2, 0) is 24.5 Å². The van der Waals surface area contributed by atoms with Crippen LogP contribution in [0.25, 0.3) is 0 Å². The Morgan fingerprint density at radius 1 is 1.18 bits per heavy atom. The SMILES string of the molecule is N#C[C@H]1CC(NCC2CCS(=O)(=O)C2)CC[C@@H]1N/C=C(/C(N)=O)C(N)=Nc1ccc(S(=O)(=O)C(F)(F)F)cc1. The maximum atomic E-state index is 12.7. The molecule has 2 aliphatic rings. The summed E-state index contributed by atoms with van der Waals surface area (Å²) in [6.07, 6.45) is 3.62. The van der Waals surface area contributed by atoms with Gasteiger partial charge in [-0.3, -0.25) is 4.79 Å². The molecule has 1 saturated carbocycles. The fourth-order valence-corrected chi connectivity index (χ4v) is 7.18. The van der Waals surface area contributed by atoms with Gasteiger partial charge < -0.3 is 22.1 Å². The number of nitrogens with zero attached hydrogens (tertiary/aromatic N) is 2. The van der Waals surface area contributed by atoms with Crippen molar-refractivity contribution in [1.82, 2.24) is 10.6 Å². The van der Waals surface area contributed by atoms with Gasteiger partial charge in [0.2, 0.25) is 0 Å². The highest BCUT2D eigenvalue weighted by Gasteiger charge is 2.46. The lowest BCUT2D eigenvalue weighted by Gasteiger charge is -2.33. The molecule has 214 valence electrons. The van der Waals surface area contributed by atoms with Gasteiger partial charge in [-0.15, -0.1) is 0 Å². The molecule has 11 nitrogen and oxygen atoms in total. The Hall–Kier alpha value is -3.16. The Labute approximate surface area is 224 Å². The molecule has 1 heterocycles. The minimum Gasteiger partial charge on any atom is -0.386 e. The number of carbonyl (C=O) groups is 1. The third-order valence-electron chi connectivity index (χ3n) is 6.72. The van der Waals surface area contributed by atoms with Crippen molar-refractivity contribution < 1.29 is 34.8 Å². The molecular formula is C23H29F3N6O5S2. The molecule has 39 heavy (non-hydrogen) atoms. The Morgan fingerprint density at radius 3 is 2.38 bits per heavy atom. The molecule has 0 aromatic heterocycles. The van der Waals surface area contributed by atoms with E-state index in [0.717, 1.165) is 24.3 Å². The van der Waals surface area contributed by atoms with E-state index in [4.69, 9.17) is 11.5 Å². The average Bonchev–Trinajstić information content (AvgIpc) is 3.21. The number of nitriles is 1. The van der Waals surface area contributed by atoms with E-state index in [0.29, 0.717) is 32.2 Å². The molecule has 1 aliphatic carbocycles. The van der Waals surface area contributed by atoms with E-state index < -0.39 is 41.9 Å². The van der Waals surface area contributed by atoms with Crippen molar-refractivity contribution in [3.05, 3.63) is 36.0 Å². The maximum absolute atomic E-state index is 12.7. The first kappa shape index (κ1) is 30.4. The minimum absolute atomic E-state index is 0.0164. The lowest BCUT2D eigenvalue weighted by Crippen LogP contribution is -2.45. The largest absolute Gasteiger partial charge is 0.501 e. The molecule has 2 unspecified atom stereocenters. The van der Waals surface area contributed by atoms with Gasteiger partial charge in [-0.2, -0.15) is 18.4 Å². The summed E-state index contributed by atoms with van der Waals surface area (Å²) in [5.74, 6) is -1.33. The van der Waals surface area contributed by atoms with Crippen LogP contribution in [0, 0.1) is 23.2 Å². The van der Waals surface area contributed by atoms with Gasteiger partial charge in [-0.05, 0) is 62.4 Å². The van der Waals surface area contributed by atoms with Crippen LogP contribution in [0.5, 0.6) is 0 Å². The molecule has 1 amide bonds. The Morgan fingerprint density at radius 2 is 1.85 bits per heavy atom. The Balaban J connectivity index is 1.64. The van der Waals surface area contributed by atoms with E-state index in [2.05, 4.69) is 21.7 Å². The summed E-state index contributed by atoms with van der Waals surface area (Å²) in [6, 6.07) is 5.37. The number of hydrogen-bond acceptors (Lipinski definition) is 9. The lowest BCUT2D eigenvalue weighted by molar-refractivity contribution is -0.114. The Bertz CT molecular complexity index is 1390. The summed E-state index contributed by atoms with van der Waals surface area (Å²) in [6.45, 7) is 0.558. The van der Waals surface area contributed by atoms with E-state index in [1.165, 1.54) is 6.20 Å². The highest BCUT2D eigenvalue weighted by Crippen LogP contribution is 2.31. The number of alkyl halides is 3. The molecule has 16 heteroatoms.